The minimum Gasteiger partial charge on any atom is -0.370 e. The number of guanidine groups is 2. The minimum absolute atomic E-state index is 0.00493. The lowest BCUT2D eigenvalue weighted by Crippen LogP contribution is -2.60. The van der Waals surface area contributed by atoms with E-state index in [2.05, 4.69) is 73.1 Å². The van der Waals surface area contributed by atoms with Gasteiger partial charge in [-0.25, -0.2) is 0 Å². The smallest absolute Gasteiger partial charge is 0.247 e. The zero-order chi connectivity index (χ0) is 73.3. The Hall–Kier alpha value is -11.3. The summed E-state index contributed by atoms with van der Waals surface area (Å²) >= 11 is 6.26. The van der Waals surface area contributed by atoms with E-state index < -0.39 is 144 Å². The Morgan fingerprint density at radius 2 is 1.24 bits per heavy atom. The average molecular weight is 1410 g/mol. The Morgan fingerprint density at radius 1 is 0.634 bits per heavy atom. The Bertz CT molecular complexity index is 3840. The van der Waals surface area contributed by atoms with Crippen LogP contribution in [-0.4, -0.2) is 172 Å². The second kappa shape index (κ2) is 37.6. The van der Waals surface area contributed by atoms with Crippen molar-refractivity contribution in [2.75, 3.05) is 26.2 Å². The lowest BCUT2D eigenvalue weighted by Gasteiger charge is -2.31. The lowest BCUT2D eigenvalue weighted by molar-refractivity contribution is -0.142. The third-order valence-electron chi connectivity index (χ3n) is 16.6. The van der Waals surface area contributed by atoms with E-state index >= 15 is 14.4 Å². The van der Waals surface area contributed by atoms with Crippen LogP contribution in [0.1, 0.15) is 106 Å². The van der Waals surface area contributed by atoms with Crippen molar-refractivity contribution in [2.24, 2.45) is 44.6 Å². The molecule has 32 nitrogen and oxygen atoms in total. The number of carbonyl (C=O) groups excluding carboxylic acids is 12. The van der Waals surface area contributed by atoms with Gasteiger partial charge in [-0.1, -0.05) is 92.2 Å². The molecule has 2 aliphatic rings. The fraction of sp³-hybridized carbons (Fsp3) is 0.412. The Labute approximate surface area is 587 Å². The molecule has 4 heterocycles. The maximum Gasteiger partial charge on any atom is 0.247 e. The molecule has 12 amide bonds. The molecule has 7 rings (SSSR count). The molecular weight excluding hydrogens is 1320 g/mol. The summed E-state index contributed by atoms with van der Waals surface area (Å²) in [5, 5.41) is 28.6. The van der Waals surface area contributed by atoms with Crippen LogP contribution in [-0.2, 0) is 70.4 Å². The molecule has 33 heteroatoms. The molecule has 0 saturated carbocycles. The van der Waals surface area contributed by atoms with Gasteiger partial charge < -0.3 is 86.7 Å². The van der Waals surface area contributed by atoms with Crippen LogP contribution in [0.25, 0.3) is 10.8 Å². The van der Waals surface area contributed by atoms with Crippen molar-refractivity contribution >= 4 is 105 Å². The highest BCUT2D eigenvalue weighted by atomic mass is 35.5. The summed E-state index contributed by atoms with van der Waals surface area (Å²) in [6.45, 7) is 3.92. The molecule has 3 aromatic carbocycles. The van der Waals surface area contributed by atoms with Crippen molar-refractivity contribution in [3.8, 4) is 0 Å². The minimum atomic E-state index is -1.92. The number of halogens is 1. The van der Waals surface area contributed by atoms with Gasteiger partial charge in [0.25, 0.3) is 0 Å². The molecule has 0 bridgehead atoms. The number of rotatable bonds is 24. The number of hydrogen-bond donors (Lipinski definition) is 15. The molecule has 2 aromatic heterocycles. The first-order valence-electron chi connectivity index (χ1n) is 32.9. The highest BCUT2D eigenvalue weighted by Crippen LogP contribution is 2.23. The summed E-state index contributed by atoms with van der Waals surface area (Å²) in [6, 6.07) is 9.87. The van der Waals surface area contributed by atoms with Crippen LogP contribution in [0.15, 0.2) is 126 Å². The van der Waals surface area contributed by atoms with E-state index in [0.29, 0.717) is 22.6 Å². The molecule has 10 atom stereocenters. The number of aliphatic imine (C=N–C) groups is 2. The zero-order valence-corrected chi connectivity index (χ0v) is 56.9. The fourth-order valence-electron chi connectivity index (χ4n) is 11.5. The van der Waals surface area contributed by atoms with E-state index in [4.69, 9.17) is 40.3 Å². The second-order valence-electron chi connectivity index (χ2n) is 24.9. The predicted octanol–water partition coefficient (Wildman–Crippen LogP) is -1.65. The van der Waals surface area contributed by atoms with Crippen molar-refractivity contribution in [1.29, 1.82) is 0 Å². The molecule has 2 aliphatic heterocycles. The molecule has 0 unspecified atom stereocenters. The molecular formula is C68H87ClN20O12. The Kier molecular flexibility index (Phi) is 28.7. The van der Waals surface area contributed by atoms with Gasteiger partial charge in [0.15, 0.2) is 11.9 Å². The van der Waals surface area contributed by atoms with Crippen LogP contribution in [0.5, 0.6) is 0 Å². The molecule has 101 heavy (non-hydrogen) atoms. The van der Waals surface area contributed by atoms with Gasteiger partial charge in [-0.15, -0.1) is 0 Å². The summed E-state index contributed by atoms with van der Waals surface area (Å²) in [5.74, 6) is -11.9. The monoisotopic (exact) mass is 1410 g/mol. The summed E-state index contributed by atoms with van der Waals surface area (Å²) in [7, 11) is 0. The normalized spacial score (nSPS) is 20.5. The van der Waals surface area contributed by atoms with E-state index in [0.717, 1.165) is 10.8 Å². The van der Waals surface area contributed by atoms with E-state index in [9.17, 15) is 43.2 Å². The molecule has 2 saturated heterocycles. The van der Waals surface area contributed by atoms with Gasteiger partial charge in [-0.3, -0.25) is 77.5 Å². The van der Waals surface area contributed by atoms with E-state index in [1.807, 2.05) is 42.5 Å². The summed E-state index contributed by atoms with van der Waals surface area (Å²) in [5.41, 5.74) is 29.6. The number of hydrogen-bond acceptors (Lipinski definition) is 16. The first-order valence-corrected chi connectivity index (χ1v) is 33.3. The van der Waals surface area contributed by atoms with E-state index in [1.165, 1.54) is 60.9 Å². The summed E-state index contributed by atoms with van der Waals surface area (Å²) in [4.78, 5) is 191. The molecule has 0 spiro atoms. The molecule has 538 valence electrons. The van der Waals surface area contributed by atoms with Gasteiger partial charge in [0.1, 0.15) is 60.4 Å². The number of nitrogens with one attached hydrogen (secondary N) is 10. The van der Waals surface area contributed by atoms with Crippen molar-refractivity contribution in [3.05, 3.63) is 143 Å². The lowest BCUT2D eigenvalue weighted by atomic mass is 9.99. The summed E-state index contributed by atoms with van der Waals surface area (Å²) in [6.07, 6.45) is 4.42. The van der Waals surface area contributed by atoms with Crippen LogP contribution in [0.3, 0.4) is 0 Å². The van der Waals surface area contributed by atoms with Crippen LogP contribution >= 0.6 is 11.6 Å². The first kappa shape index (κ1) is 77.0. The maximum atomic E-state index is 15.2. The standard InChI is InChI=1S/C68H87ClN20O12/c1-37(2)29-49-59(94)82-47(16-9-27-78-68(73)74)66(101)89-28-10-17-53(89)63(98)83-48(57(70)92)33-54(91)79-36-52(62(97)81-46(15-8-26-77-67(71)72)58(93)87-55(64(99)85-49)43-13-6-24-75-34-43)86-65(100)56(44-14-7-25-76-35-44)88-61(96)51(31-39-19-22-45(69)23-20-39)84-60(95)50(80-38(3)90)32-40-18-21-41-11-4-5-12-42(41)30-40/h4-7,11-14,18-25,30,34-35,37,46-53,55-56H,8-10,15-17,26-29,31-33,36H2,1-3H3,(H2,70,92)(H,79,91)(H,80,90)(H,81,97)(H,82,94)(H,83,98)(H,84,95)(H,85,99)(H,86,100)(H,87,93)(H,88,96)(H4,71,72,77)(H4,73,74,78)/t46-,47-,48-,49-,50-,51-,52-,53-,55-,56-/m0/s1. The Morgan fingerprint density at radius 3 is 1.87 bits per heavy atom. The highest BCUT2D eigenvalue weighted by Gasteiger charge is 2.41. The molecule has 5 aromatic rings. The fourth-order valence-corrected chi connectivity index (χ4v) is 11.7. The number of carbonyl (C=O) groups is 12. The third-order valence-corrected chi connectivity index (χ3v) is 16.8. The van der Waals surface area contributed by atoms with Crippen molar-refractivity contribution in [1.82, 2.24) is 68.0 Å². The number of primary amides is 1. The van der Waals surface area contributed by atoms with Crippen molar-refractivity contribution in [3.63, 3.8) is 0 Å². The number of pyridine rings is 2. The van der Waals surface area contributed by atoms with Gasteiger partial charge >= 0.3 is 0 Å². The van der Waals surface area contributed by atoms with Gasteiger partial charge in [0.05, 0.1) is 6.42 Å². The van der Waals surface area contributed by atoms with Crippen molar-refractivity contribution < 1.29 is 57.5 Å². The molecule has 0 aliphatic carbocycles. The summed E-state index contributed by atoms with van der Waals surface area (Å²) < 4.78 is 0. The van der Waals surface area contributed by atoms with Crippen LogP contribution in [0, 0.1) is 5.92 Å². The van der Waals surface area contributed by atoms with Crippen LogP contribution in [0.2, 0.25) is 5.02 Å². The van der Waals surface area contributed by atoms with Gasteiger partial charge in [-0.05, 0) is 97.0 Å². The number of fused-ring (bicyclic) bond motifs is 2. The largest absolute Gasteiger partial charge is 0.370 e. The first-order chi connectivity index (χ1) is 48.2. The molecule has 0 radical (unpaired) electrons. The topological polar surface area (TPSA) is 509 Å². The highest BCUT2D eigenvalue weighted by molar-refractivity contribution is 6.30. The number of nitrogens with two attached hydrogens (primary N) is 5. The van der Waals surface area contributed by atoms with Crippen LogP contribution < -0.4 is 81.8 Å². The Balaban J connectivity index is 1.26. The predicted molar refractivity (Wildman–Crippen MR) is 373 cm³/mol. The van der Waals surface area contributed by atoms with E-state index in [-0.39, 0.29) is 100.0 Å². The number of aromatic nitrogens is 2. The molecule has 20 N–H and O–H groups in total. The number of benzene rings is 3. The zero-order valence-electron chi connectivity index (χ0n) is 56.1. The average Bonchev–Trinajstić information content (AvgIpc) is 1.07. The molecule has 2 fully saturated rings. The van der Waals surface area contributed by atoms with Gasteiger partial charge in [0, 0.05) is 86.9 Å². The van der Waals surface area contributed by atoms with E-state index in [1.54, 1.807) is 38.1 Å². The quantitative estimate of drug-likeness (QED) is 0.0187. The van der Waals surface area contributed by atoms with Gasteiger partial charge in [0.2, 0.25) is 70.9 Å². The second-order valence-corrected chi connectivity index (χ2v) is 25.4. The SMILES string of the molecule is CC(=O)N[C@@H](Cc1ccc2ccccc2c1)C(=O)N[C@@H](Cc1ccc(Cl)cc1)C(=O)N[C@H](C(=O)N[C@H]1CNC(=O)C[C@@H](C(N)=O)NC(=O)[C@@H]2CCCN2C(=O)[C@H](CCCN=C(N)N)NC(=O)[C@H](CC(C)C)NC(=O)[C@H](c2cccnc2)NC(=O)[C@H](CCCN=C(N)N)NC1=O)c1cccnc1. The van der Waals surface area contributed by atoms with Gasteiger partial charge in [-0.2, -0.15) is 0 Å². The number of amides is 12. The number of nitrogens with zero attached hydrogens (tertiary/aromatic N) is 5. The van der Waals surface area contributed by atoms with Crippen molar-refractivity contribution in [2.45, 2.75) is 145 Å². The third kappa shape index (κ3) is 23.7. The van der Waals surface area contributed by atoms with Crippen LogP contribution in [0.4, 0.5) is 0 Å². The maximum absolute atomic E-state index is 15.2.